The molecule has 2 rings (SSSR count). The minimum absolute atomic E-state index is 0.0191. The summed E-state index contributed by atoms with van der Waals surface area (Å²) < 4.78 is 13.3. The Morgan fingerprint density at radius 1 is 1.33 bits per heavy atom. The van der Waals surface area contributed by atoms with Crippen molar-refractivity contribution in [3.8, 4) is 6.07 Å². The van der Waals surface area contributed by atoms with Gasteiger partial charge in [-0.1, -0.05) is 12.8 Å². The topological polar surface area (TPSA) is 56.1 Å². The lowest BCUT2D eigenvalue weighted by atomic mass is 10.2. The van der Waals surface area contributed by atoms with Gasteiger partial charge in [-0.15, -0.1) is 0 Å². The van der Waals surface area contributed by atoms with E-state index in [-0.39, 0.29) is 17.5 Å². The first-order valence-electron chi connectivity index (χ1n) is 7.37. The number of likely N-dealkylation sites (tertiary alicyclic amines) is 1. The van der Waals surface area contributed by atoms with Crippen LogP contribution in [0.2, 0.25) is 0 Å². The molecule has 0 spiro atoms. The number of rotatable bonds is 3. The lowest BCUT2D eigenvalue weighted by molar-refractivity contribution is -0.131. The molecule has 0 saturated carbocycles. The van der Waals surface area contributed by atoms with E-state index >= 15 is 0 Å². The number of anilines is 1. The van der Waals surface area contributed by atoms with E-state index in [1.54, 1.807) is 19.1 Å². The molecule has 1 aromatic rings. The Balaban J connectivity index is 2.01. The van der Waals surface area contributed by atoms with Crippen LogP contribution in [-0.4, -0.2) is 29.9 Å². The maximum absolute atomic E-state index is 13.3. The van der Waals surface area contributed by atoms with Crippen molar-refractivity contribution in [1.29, 1.82) is 5.26 Å². The normalized spacial score (nSPS) is 16.7. The van der Waals surface area contributed by atoms with Gasteiger partial charge in [0.15, 0.2) is 0 Å². The van der Waals surface area contributed by atoms with E-state index in [0.29, 0.717) is 5.69 Å². The summed E-state index contributed by atoms with van der Waals surface area (Å²) in [7, 11) is 0. The first-order chi connectivity index (χ1) is 10.1. The number of amides is 1. The van der Waals surface area contributed by atoms with Gasteiger partial charge in [0.05, 0.1) is 5.56 Å². The number of hydrogen-bond acceptors (Lipinski definition) is 3. The van der Waals surface area contributed by atoms with Gasteiger partial charge in [0.25, 0.3) is 0 Å². The highest BCUT2D eigenvalue weighted by Gasteiger charge is 2.21. The van der Waals surface area contributed by atoms with Crippen LogP contribution in [0, 0.1) is 17.1 Å². The van der Waals surface area contributed by atoms with E-state index in [1.165, 1.54) is 25.0 Å². The predicted octanol–water partition coefficient (Wildman–Crippen LogP) is 2.90. The quantitative estimate of drug-likeness (QED) is 0.931. The van der Waals surface area contributed by atoms with Gasteiger partial charge in [0.2, 0.25) is 5.91 Å². The summed E-state index contributed by atoms with van der Waals surface area (Å²) in [6.45, 7) is 3.40. The van der Waals surface area contributed by atoms with Crippen LogP contribution >= 0.6 is 0 Å². The van der Waals surface area contributed by atoms with E-state index < -0.39 is 5.82 Å². The molecular weight excluding hydrogens is 269 g/mol. The van der Waals surface area contributed by atoms with Crippen LogP contribution in [0.4, 0.5) is 10.1 Å². The third kappa shape index (κ3) is 3.94. The summed E-state index contributed by atoms with van der Waals surface area (Å²) in [6.07, 6.45) is 4.45. The zero-order valence-corrected chi connectivity index (χ0v) is 12.2. The number of nitrogens with zero attached hydrogens (tertiary/aromatic N) is 2. The highest BCUT2D eigenvalue weighted by atomic mass is 19.1. The number of carbonyl (C=O) groups is 1. The third-order valence-electron chi connectivity index (χ3n) is 3.76. The van der Waals surface area contributed by atoms with E-state index in [0.717, 1.165) is 25.9 Å². The Bertz CT molecular complexity index is 545. The highest BCUT2D eigenvalue weighted by Crippen LogP contribution is 2.16. The Morgan fingerprint density at radius 3 is 2.62 bits per heavy atom. The van der Waals surface area contributed by atoms with Crippen molar-refractivity contribution in [2.75, 3.05) is 18.4 Å². The average Bonchev–Trinajstić information content (AvgIpc) is 2.77. The molecule has 1 aliphatic heterocycles. The van der Waals surface area contributed by atoms with Crippen LogP contribution < -0.4 is 5.32 Å². The number of benzene rings is 1. The Labute approximate surface area is 124 Å². The monoisotopic (exact) mass is 289 g/mol. The van der Waals surface area contributed by atoms with Gasteiger partial charge in [0, 0.05) is 18.8 Å². The highest BCUT2D eigenvalue weighted by molar-refractivity contribution is 5.84. The molecule has 0 aliphatic carbocycles. The fourth-order valence-electron chi connectivity index (χ4n) is 2.58. The van der Waals surface area contributed by atoms with Crippen molar-refractivity contribution in [1.82, 2.24) is 4.90 Å². The molecule has 1 aromatic carbocycles. The molecule has 1 unspecified atom stereocenters. The molecule has 1 N–H and O–H groups in total. The number of halogens is 1. The van der Waals surface area contributed by atoms with Crippen LogP contribution in [0.5, 0.6) is 0 Å². The molecule has 1 saturated heterocycles. The third-order valence-corrected chi connectivity index (χ3v) is 3.76. The minimum Gasteiger partial charge on any atom is -0.374 e. The lowest BCUT2D eigenvalue weighted by Gasteiger charge is -2.25. The summed E-state index contributed by atoms with van der Waals surface area (Å²) in [5.74, 6) is -0.491. The van der Waals surface area contributed by atoms with Crippen molar-refractivity contribution < 1.29 is 9.18 Å². The van der Waals surface area contributed by atoms with Crippen LogP contribution in [-0.2, 0) is 4.79 Å². The Morgan fingerprint density at radius 2 is 2.00 bits per heavy atom. The second-order valence-corrected chi connectivity index (χ2v) is 5.41. The van der Waals surface area contributed by atoms with E-state index in [9.17, 15) is 9.18 Å². The molecular formula is C16H20FN3O. The summed E-state index contributed by atoms with van der Waals surface area (Å²) in [4.78, 5) is 14.3. The van der Waals surface area contributed by atoms with E-state index in [4.69, 9.17) is 5.26 Å². The second-order valence-electron chi connectivity index (χ2n) is 5.41. The van der Waals surface area contributed by atoms with Crippen molar-refractivity contribution in [3.05, 3.63) is 29.6 Å². The first-order valence-corrected chi connectivity index (χ1v) is 7.37. The maximum atomic E-state index is 13.3. The van der Waals surface area contributed by atoms with Crippen molar-refractivity contribution in [3.63, 3.8) is 0 Å². The summed E-state index contributed by atoms with van der Waals surface area (Å²) in [5.41, 5.74) is 0.568. The fraction of sp³-hybridized carbons (Fsp3) is 0.500. The molecule has 1 aliphatic rings. The van der Waals surface area contributed by atoms with Gasteiger partial charge >= 0.3 is 0 Å². The number of nitriles is 1. The van der Waals surface area contributed by atoms with Crippen LogP contribution in [0.1, 0.15) is 38.2 Å². The van der Waals surface area contributed by atoms with Crippen molar-refractivity contribution >= 4 is 11.6 Å². The molecule has 1 fully saturated rings. The van der Waals surface area contributed by atoms with Gasteiger partial charge in [-0.2, -0.15) is 5.26 Å². The molecule has 1 atom stereocenters. The molecule has 1 heterocycles. The Kier molecular flexibility index (Phi) is 5.15. The first kappa shape index (κ1) is 15.3. The molecule has 0 bridgehead atoms. The molecule has 1 amide bonds. The summed E-state index contributed by atoms with van der Waals surface area (Å²) >= 11 is 0. The second kappa shape index (κ2) is 7.07. The predicted molar refractivity (Wildman–Crippen MR) is 79.2 cm³/mol. The molecule has 112 valence electrons. The van der Waals surface area contributed by atoms with Gasteiger partial charge in [-0.05, 0) is 38.0 Å². The van der Waals surface area contributed by atoms with Gasteiger partial charge in [-0.3, -0.25) is 4.79 Å². The van der Waals surface area contributed by atoms with Crippen LogP contribution in [0.25, 0.3) is 0 Å². The maximum Gasteiger partial charge on any atom is 0.244 e. The van der Waals surface area contributed by atoms with Gasteiger partial charge in [0.1, 0.15) is 17.9 Å². The fourth-order valence-corrected chi connectivity index (χ4v) is 2.58. The number of nitrogens with one attached hydrogen (secondary N) is 1. The SMILES string of the molecule is CC(Nc1ccc(F)c(C#N)c1)C(=O)N1CCCCCC1. The number of hydrogen-bond donors (Lipinski definition) is 1. The molecule has 0 aromatic heterocycles. The largest absolute Gasteiger partial charge is 0.374 e. The standard InChI is InChI=1S/C16H20FN3O/c1-12(16(21)20-8-4-2-3-5-9-20)19-14-6-7-15(17)13(10-14)11-18/h6-7,10,12,19H,2-5,8-9H2,1H3. The van der Waals surface area contributed by atoms with Crippen LogP contribution in [0.3, 0.4) is 0 Å². The zero-order chi connectivity index (χ0) is 15.2. The lowest BCUT2D eigenvalue weighted by Crippen LogP contribution is -2.41. The van der Waals surface area contributed by atoms with E-state index in [1.807, 2.05) is 4.90 Å². The molecule has 4 nitrogen and oxygen atoms in total. The Hall–Kier alpha value is -2.09. The molecule has 21 heavy (non-hydrogen) atoms. The summed E-state index contributed by atoms with van der Waals surface area (Å²) in [5, 5.41) is 11.9. The zero-order valence-electron chi connectivity index (χ0n) is 12.2. The summed E-state index contributed by atoms with van der Waals surface area (Å²) in [6, 6.07) is 5.63. The smallest absolute Gasteiger partial charge is 0.244 e. The van der Waals surface area contributed by atoms with Gasteiger partial charge in [-0.25, -0.2) is 4.39 Å². The molecule has 0 radical (unpaired) electrons. The van der Waals surface area contributed by atoms with Crippen molar-refractivity contribution in [2.24, 2.45) is 0 Å². The van der Waals surface area contributed by atoms with E-state index in [2.05, 4.69) is 5.32 Å². The van der Waals surface area contributed by atoms with Crippen molar-refractivity contribution in [2.45, 2.75) is 38.6 Å². The van der Waals surface area contributed by atoms with Crippen LogP contribution in [0.15, 0.2) is 18.2 Å². The molecule has 5 heteroatoms. The minimum atomic E-state index is -0.547. The van der Waals surface area contributed by atoms with Gasteiger partial charge < -0.3 is 10.2 Å². The average molecular weight is 289 g/mol. The number of carbonyl (C=O) groups excluding carboxylic acids is 1.